The minimum atomic E-state index is -0.552. The number of fused-ring (bicyclic) bond motifs is 1. The molecule has 0 unspecified atom stereocenters. The van der Waals surface area contributed by atoms with Gasteiger partial charge in [-0.05, 0) is 19.1 Å². The number of aromatic nitrogens is 1. The standard InChI is InChI=1S/C13H15N3O2/c1-8-7-11(16(2)3)9-5-4-6-10(12(9)14-8)13(17)15-18/h4-7,18H,1-3H3,(H,15,17). The molecule has 0 aliphatic rings. The smallest absolute Gasteiger partial charge is 0.276 e. The number of pyridine rings is 1. The lowest BCUT2D eigenvalue weighted by atomic mass is 10.1. The molecular weight excluding hydrogens is 230 g/mol. The zero-order valence-corrected chi connectivity index (χ0v) is 10.6. The number of rotatable bonds is 2. The van der Waals surface area contributed by atoms with Gasteiger partial charge >= 0.3 is 0 Å². The van der Waals surface area contributed by atoms with Crippen LogP contribution in [0.15, 0.2) is 24.3 Å². The van der Waals surface area contributed by atoms with Gasteiger partial charge in [0.2, 0.25) is 0 Å². The lowest BCUT2D eigenvalue weighted by Crippen LogP contribution is -2.19. The van der Waals surface area contributed by atoms with E-state index in [2.05, 4.69) is 4.98 Å². The van der Waals surface area contributed by atoms with Crippen molar-refractivity contribution in [2.45, 2.75) is 6.92 Å². The number of hydroxylamine groups is 1. The Morgan fingerprint density at radius 2 is 2.11 bits per heavy atom. The number of para-hydroxylation sites is 1. The number of anilines is 1. The molecule has 1 aromatic heterocycles. The van der Waals surface area contributed by atoms with Gasteiger partial charge in [0.05, 0.1) is 11.1 Å². The number of benzene rings is 1. The molecule has 2 N–H and O–H groups in total. The number of carbonyl (C=O) groups excluding carboxylic acids is 1. The highest BCUT2D eigenvalue weighted by atomic mass is 16.5. The third kappa shape index (κ3) is 2.00. The molecule has 94 valence electrons. The lowest BCUT2D eigenvalue weighted by Gasteiger charge is -2.17. The van der Waals surface area contributed by atoms with E-state index in [9.17, 15) is 4.79 Å². The Bertz CT molecular complexity index is 608. The summed E-state index contributed by atoms with van der Waals surface area (Å²) in [5.41, 5.74) is 4.42. The van der Waals surface area contributed by atoms with Crippen molar-refractivity contribution >= 4 is 22.5 Å². The fraction of sp³-hybridized carbons (Fsp3) is 0.231. The maximum Gasteiger partial charge on any atom is 0.276 e. The van der Waals surface area contributed by atoms with Gasteiger partial charge < -0.3 is 4.90 Å². The van der Waals surface area contributed by atoms with Gasteiger partial charge in [0.1, 0.15) is 0 Å². The molecule has 0 saturated heterocycles. The van der Waals surface area contributed by atoms with E-state index < -0.39 is 5.91 Å². The van der Waals surface area contributed by atoms with E-state index in [1.54, 1.807) is 17.6 Å². The summed E-state index contributed by atoms with van der Waals surface area (Å²) >= 11 is 0. The lowest BCUT2D eigenvalue weighted by molar-refractivity contribution is 0.0708. The van der Waals surface area contributed by atoms with E-state index in [-0.39, 0.29) is 0 Å². The zero-order chi connectivity index (χ0) is 13.3. The van der Waals surface area contributed by atoms with Crippen LogP contribution in [0.4, 0.5) is 5.69 Å². The molecular formula is C13H15N3O2. The van der Waals surface area contributed by atoms with Crippen LogP contribution in [0.3, 0.4) is 0 Å². The average molecular weight is 245 g/mol. The third-order valence-electron chi connectivity index (χ3n) is 2.77. The van der Waals surface area contributed by atoms with Gasteiger partial charge in [-0.15, -0.1) is 0 Å². The van der Waals surface area contributed by atoms with Gasteiger partial charge in [0, 0.05) is 30.9 Å². The Balaban J connectivity index is 2.81. The largest absolute Gasteiger partial charge is 0.377 e. The van der Waals surface area contributed by atoms with Gasteiger partial charge in [-0.1, -0.05) is 12.1 Å². The second-order valence-electron chi connectivity index (χ2n) is 4.32. The minimum absolute atomic E-state index is 0.363. The molecule has 1 aromatic carbocycles. The quantitative estimate of drug-likeness (QED) is 0.624. The molecule has 0 saturated carbocycles. The summed E-state index contributed by atoms with van der Waals surface area (Å²) in [6.07, 6.45) is 0. The first-order chi connectivity index (χ1) is 8.54. The fourth-order valence-corrected chi connectivity index (χ4v) is 1.97. The van der Waals surface area contributed by atoms with Crippen molar-refractivity contribution < 1.29 is 10.0 Å². The Kier molecular flexibility index (Phi) is 3.16. The molecule has 0 bridgehead atoms. The first-order valence-corrected chi connectivity index (χ1v) is 5.56. The molecule has 0 aliphatic heterocycles. The highest BCUT2D eigenvalue weighted by molar-refractivity contribution is 6.07. The van der Waals surface area contributed by atoms with Gasteiger partial charge in [0.15, 0.2) is 0 Å². The van der Waals surface area contributed by atoms with Crippen molar-refractivity contribution in [3.8, 4) is 0 Å². The summed E-state index contributed by atoms with van der Waals surface area (Å²) < 4.78 is 0. The minimum Gasteiger partial charge on any atom is -0.377 e. The number of hydrogen-bond acceptors (Lipinski definition) is 4. The fourth-order valence-electron chi connectivity index (χ4n) is 1.97. The van der Waals surface area contributed by atoms with Crippen molar-refractivity contribution in [3.63, 3.8) is 0 Å². The summed E-state index contributed by atoms with van der Waals surface area (Å²) in [6.45, 7) is 1.88. The van der Waals surface area contributed by atoms with E-state index in [0.29, 0.717) is 11.1 Å². The van der Waals surface area contributed by atoms with Crippen molar-refractivity contribution in [2.24, 2.45) is 0 Å². The molecule has 0 fully saturated rings. The van der Waals surface area contributed by atoms with Crippen molar-refractivity contribution in [1.29, 1.82) is 0 Å². The van der Waals surface area contributed by atoms with Crippen LogP contribution in [-0.4, -0.2) is 30.2 Å². The van der Waals surface area contributed by atoms with E-state index >= 15 is 0 Å². The molecule has 18 heavy (non-hydrogen) atoms. The van der Waals surface area contributed by atoms with E-state index in [4.69, 9.17) is 5.21 Å². The third-order valence-corrected chi connectivity index (χ3v) is 2.77. The number of amides is 1. The highest BCUT2D eigenvalue weighted by Crippen LogP contribution is 2.27. The van der Waals surface area contributed by atoms with Crippen molar-refractivity contribution in [1.82, 2.24) is 10.5 Å². The number of nitrogens with zero attached hydrogens (tertiary/aromatic N) is 2. The molecule has 5 nitrogen and oxygen atoms in total. The molecule has 1 amide bonds. The maximum atomic E-state index is 11.6. The van der Waals surface area contributed by atoms with Crippen LogP contribution >= 0.6 is 0 Å². The van der Waals surface area contributed by atoms with Gasteiger partial charge in [-0.2, -0.15) is 0 Å². The average Bonchev–Trinajstić information content (AvgIpc) is 2.36. The van der Waals surface area contributed by atoms with Gasteiger partial charge in [-0.25, -0.2) is 5.48 Å². The predicted octanol–water partition coefficient (Wildman–Crippen LogP) is 1.73. The molecule has 1 heterocycles. The summed E-state index contributed by atoms with van der Waals surface area (Å²) in [5.74, 6) is -0.552. The van der Waals surface area contributed by atoms with Crippen LogP contribution in [0.1, 0.15) is 16.1 Å². The maximum absolute atomic E-state index is 11.6. The first kappa shape index (κ1) is 12.3. The van der Waals surface area contributed by atoms with E-state index in [1.165, 1.54) is 0 Å². The van der Waals surface area contributed by atoms with Gasteiger partial charge in [0.25, 0.3) is 5.91 Å². The second kappa shape index (κ2) is 4.62. The molecule has 0 spiro atoms. The van der Waals surface area contributed by atoms with Crippen LogP contribution in [0.5, 0.6) is 0 Å². The molecule has 2 aromatic rings. The summed E-state index contributed by atoms with van der Waals surface area (Å²) in [7, 11) is 3.88. The molecule has 5 heteroatoms. The Morgan fingerprint density at radius 3 is 2.72 bits per heavy atom. The van der Waals surface area contributed by atoms with Crippen LogP contribution in [0.25, 0.3) is 10.9 Å². The van der Waals surface area contributed by atoms with Crippen LogP contribution in [0.2, 0.25) is 0 Å². The van der Waals surface area contributed by atoms with Crippen LogP contribution < -0.4 is 10.4 Å². The Morgan fingerprint density at radius 1 is 1.39 bits per heavy atom. The molecule has 2 rings (SSSR count). The predicted molar refractivity (Wildman–Crippen MR) is 70.1 cm³/mol. The summed E-state index contributed by atoms with van der Waals surface area (Å²) in [5, 5.41) is 9.64. The zero-order valence-electron chi connectivity index (χ0n) is 10.6. The second-order valence-corrected chi connectivity index (χ2v) is 4.32. The normalized spacial score (nSPS) is 10.4. The van der Waals surface area contributed by atoms with Crippen molar-refractivity contribution in [2.75, 3.05) is 19.0 Å². The number of nitrogens with one attached hydrogen (secondary N) is 1. The van der Waals surface area contributed by atoms with E-state index in [1.807, 2.05) is 38.1 Å². The molecule has 0 aliphatic carbocycles. The summed E-state index contributed by atoms with van der Waals surface area (Å²) in [4.78, 5) is 18.0. The van der Waals surface area contributed by atoms with E-state index in [0.717, 1.165) is 16.8 Å². The molecule has 0 atom stereocenters. The Labute approximate surface area is 105 Å². The first-order valence-electron chi connectivity index (χ1n) is 5.56. The number of hydrogen-bond donors (Lipinski definition) is 2. The topological polar surface area (TPSA) is 65.5 Å². The Hall–Kier alpha value is -2.14. The number of aryl methyl sites for hydroxylation is 1. The summed E-state index contributed by atoms with van der Waals surface area (Å²) in [6, 6.07) is 7.28. The van der Waals surface area contributed by atoms with Crippen LogP contribution in [0, 0.1) is 6.92 Å². The van der Waals surface area contributed by atoms with Crippen LogP contribution in [-0.2, 0) is 0 Å². The molecule has 0 radical (unpaired) electrons. The van der Waals surface area contributed by atoms with Gasteiger partial charge in [-0.3, -0.25) is 15.0 Å². The van der Waals surface area contributed by atoms with Crippen molar-refractivity contribution in [3.05, 3.63) is 35.5 Å². The monoisotopic (exact) mass is 245 g/mol. The SMILES string of the molecule is Cc1cc(N(C)C)c2cccc(C(=O)NO)c2n1. The highest BCUT2D eigenvalue weighted by Gasteiger charge is 2.13. The number of carbonyl (C=O) groups is 1.